The van der Waals surface area contributed by atoms with Crippen molar-refractivity contribution in [2.75, 3.05) is 6.54 Å². The van der Waals surface area contributed by atoms with Crippen LogP contribution in [0.4, 0.5) is 4.79 Å². The Bertz CT molecular complexity index is 827. The molecule has 2 aromatic carbocycles. The van der Waals surface area contributed by atoms with Crippen LogP contribution in [0.15, 0.2) is 54.6 Å². The van der Waals surface area contributed by atoms with E-state index in [9.17, 15) is 9.59 Å². The molecule has 2 amide bonds. The molecule has 2 fully saturated rings. The second-order valence-corrected chi connectivity index (χ2v) is 7.17. The average molecular weight is 371 g/mol. The third kappa shape index (κ3) is 3.53. The number of benzene rings is 2. The van der Waals surface area contributed by atoms with Crippen molar-refractivity contribution >= 4 is 23.6 Å². The molecule has 1 aliphatic heterocycles. The van der Waals surface area contributed by atoms with Gasteiger partial charge in [0.1, 0.15) is 0 Å². The van der Waals surface area contributed by atoms with Crippen molar-refractivity contribution in [1.29, 1.82) is 0 Å². The highest BCUT2D eigenvalue weighted by molar-refractivity contribution is 6.30. The van der Waals surface area contributed by atoms with E-state index in [-0.39, 0.29) is 24.4 Å². The lowest BCUT2D eigenvalue weighted by molar-refractivity contribution is -0.128. The number of alkyl carbamates (subject to hydrolysis) is 1. The van der Waals surface area contributed by atoms with E-state index in [0.29, 0.717) is 10.9 Å². The molecule has 2 unspecified atom stereocenters. The fraction of sp³-hybridized carbons (Fsp3) is 0.300. The Morgan fingerprint density at radius 3 is 2.69 bits per heavy atom. The zero-order chi connectivity index (χ0) is 18.1. The second kappa shape index (κ2) is 7.00. The highest BCUT2D eigenvalue weighted by Crippen LogP contribution is 2.54. The standard InChI is InChI=1S/C20H19ClN2O3/c21-14-8-4-7-13(9-14)18(23-19(24)17-11-22-20(25)26-17)16-10-15(16)12-5-2-1-3-6-12/h1-9,15-18H,10-11H2,(H,22,25)(H,23,24)/t15?,16?,17-,18-/m0/s1. The van der Waals surface area contributed by atoms with Gasteiger partial charge < -0.3 is 15.4 Å². The minimum absolute atomic E-state index is 0.175. The van der Waals surface area contributed by atoms with Crippen LogP contribution >= 0.6 is 11.6 Å². The largest absolute Gasteiger partial charge is 0.434 e. The maximum Gasteiger partial charge on any atom is 0.408 e. The summed E-state index contributed by atoms with van der Waals surface area (Å²) < 4.78 is 5.01. The van der Waals surface area contributed by atoms with Crippen LogP contribution in [0.1, 0.15) is 29.5 Å². The number of hydrogen-bond acceptors (Lipinski definition) is 3. The van der Waals surface area contributed by atoms with Crippen molar-refractivity contribution in [2.45, 2.75) is 24.5 Å². The van der Waals surface area contributed by atoms with Gasteiger partial charge in [-0.3, -0.25) is 4.79 Å². The van der Waals surface area contributed by atoms with E-state index in [2.05, 4.69) is 22.8 Å². The lowest BCUT2D eigenvalue weighted by Crippen LogP contribution is -2.40. The highest BCUT2D eigenvalue weighted by Gasteiger charge is 2.46. The first kappa shape index (κ1) is 16.9. The van der Waals surface area contributed by atoms with Crippen molar-refractivity contribution in [2.24, 2.45) is 5.92 Å². The third-order valence-corrected chi connectivity index (χ3v) is 5.21. The van der Waals surface area contributed by atoms with Gasteiger partial charge in [-0.05, 0) is 41.5 Å². The molecule has 134 valence electrons. The van der Waals surface area contributed by atoms with Crippen molar-refractivity contribution in [3.05, 3.63) is 70.7 Å². The number of ether oxygens (including phenoxy) is 1. The third-order valence-electron chi connectivity index (χ3n) is 4.97. The molecule has 26 heavy (non-hydrogen) atoms. The van der Waals surface area contributed by atoms with E-state index < -0.39 is 12.2 Å². The normalized spacial score (nSPS) is 25.1. The van der Waals surface area contributed by atoms with Gasteiger partial charge in [-0.25, -0.2) is 4.79 Å². The van der Waals surface area contributed by atoms with Gasteiger partial charge in [0.25, 0.3) is 5.91 Å². The van der Waals surface area contributed by atoms with E-state index in [1.807, 2.05) is 42.5 Å². The summed E-state index contributed by atoms with van der Waals surface area (Å²) >= 11 is 6.16. The summed E-state index contributed by atoms with van der Waals surface area (Å²) in [5.74, 6) is 0.390. The van der Waals surface area contributed by atoms with Crippen LogP contribution in [0.25, 0.3) is 0 Å². The molecule has 1 aliphatic carbocycles. The summed E-state index contributed by atoms with van der Waals surface area (Å²) in [6.45, 7) is 0.194. The van der Waals surface area contributed by atoms with E-state index in [1.54, 1.807) is 0 Å². The molecule has 2 aromatic rings. The van der Waals surface area contributed by atoms with E-state index in [1.165, 1.54) is 5.56 Å². The Morgan fingerprint density at radius 2 is 2.00 bits per heavy atom. The molecule has 6 heteroatoms. The molecule has 1 heterocycles. The van der Waals surface area contributed by atoms with Crippen LogP contribution in [0.3, 0.4) is 0 Å². The molecule has 0 radical (unpaired) electrons. The number of carbonyl (C=O) groups excluding carboxylic acids is 2. The van der Waals surface area contributed by atoms with Gasteiger partial charge in [-0.1, -0.05) is 54.1 Å². The number of cyclic esters (lactones) is 1. The Hall–Kier alpha value is -2.53. The molecule has 1 saturated carbocycles. The fourth-order valence-electron chi connectivity index (χ4n) is 3.59. The zero-order valence-corrected chi connectivity index (χ0v) is 14.8. The summed E-state index contributed by atoms with van der Waals surface area (Å²) in [5.41, 5.74) is 2.24. The van der Waals surface area contributed by atoms with Crippen LogP contribution in [-0.4, -0.2) is 24.6 Å². The number of nitrogens with one attached hydrogen (secondary N) is 2. The molecule has 2 N–H and O–H groups in total. The molecule has 0 aromatic heterocycles. The van der Waals surface area contributed by atoms with Crippen LogP contribution in [-0.2, 0) is 9.53 Å². The summed E-state index contributed by atoms with van der Waals surface area (Å²) in [6, 6.07) is 17.7. The molecule has 2 aliphatic rings. The molecule has 0 spiro atoms. The predicted molar refractivity (Wildman–Crippen MR) is 97.9 cm³/mol. The van der Waals surface area contributed by atoms with Gasteiger partial charge in [-0.2, -0.15) is 0 Å². The SMILES string of the molecule is O=C1NC[C@@H](C(=O)N[C@@H](c2cccc(Cl)c2)C2CC2c2ccccc2)O1. The summed E-state index contributed by atoms with van der Waals surface area (Å²) in [4.78, 5) is 23.8. The minimum atomic E-state index is -0.793. The van der Waals surface area contributed by atoms with Crippen molar-refractivity contribution in [1.82, 2.24) is 10.6 Å². The molecular formula is C20H19ClN2O3. The molecule has 4 rings (SSSR count). The highest BCUT2D eigenvalue weighted by atomic mass is 35.5. The number of halogens is 1. The topological polar surface area (TPSA) is 67.4 Å². The van der Waals surface area contributed by atoms with Crippen molar-refractivity contribution in [3.8, 4) is 0 Å². The van der Waals surface area contributed by atoms with E-state index >= 15 is 0 Å². The van der Waals surface area contributed by atoms with Crippen LogP contribution < -0.4 is 10.6 Å². The van der Waals surface area contributed by atoms with Gasteiger partial charge in [-0.15, -0.1) is 0 Å². The predicted octanol–water partition coefficient (Wildman–Crippen LogP) is 3.41. The Labute approximate surface area is 156 Å². The first-order valence-electron chi connectivity index (χ1n) is 8.67. The van der Waals surface area contributed by atoms with Gasteiger partial charge in [0, 0.05) is 5.02 Å². The summed E-state index contributed by atoms with van der Waals surface area (Å²) in [7, 11) is 0. The monoisotopic (exact) mass is 370 g/mol. The summed E-state index contributed by atoms with van der Waals surface area (Å²) in [5, 5.41) is 6.21. The number of carbonyl (C=O) groups is 2. The smallest absolute Gasteiger partial charge is 0.408 e. The first-order chi connectivity index (χ1) is 12.6. The van der Waals surface area contributed by atoms with Crippen LogP contribution in [0.5, 0.6) is 0 Å². The molecule has 1 saturated heterocycles. The second-order valence-electron chi connectivity index (χ2n) is 6.73. The molecular weight excluding hydrogens is 352 g/mol. The number of amides is 2. The van der Waals surface area contributed by atoms with Gasteiger partial charge in [0.15, 0.2) is 6.10 Å². The maximum absolute atomic E-state index is 12.6. The molecule has 4 atom stereocenters. The Morgan fingerprint density at radius 1 is 1.19 bits per heavy atom. The van der Waals surface area contributed by atoms with E-state index in [4.69, 9.17) is 16.3 Å². The van der Waals surface area contributed by atoms with Crippen LogP contribution in [0.2, 0.25) is 5.02 Å². The Balaban J connectivity index is 1.55. The molecule has 5 nitrogen and oxygen atoms in total. The van der Waals surface area contributed by atoms with Gasteiger partial charge >= 0.3 is 6.09 Å². The van der Waals surface area contributed by atoms with Gasteiger partial charge in [0.2, 0.25) is 0 Å². The quantitative estimate of drug-likeness (QED) is 0.847. The average Bonchev–Trinajstić information content (AvgIpc) is 3.32. The minimum Gasteiger partial charge on any atom is -0.434 e. The lowest BCUT2D eigenvalue weighted by Gasteiger charge is -2.21. The molecule has 0 bridgehead atoms. The lowest BCUT2D eigenvalue weighted by atomic mass is 9.98. The zero-order valence-electron chi connectivity index (χ0n) is 14.0. The Kier molecular flexibility index (Phi) is 4.55. The van der Waals surface area contributed by atoms with Crippen molar-refractivity contribution < 1.29 is 14.3 Å². The van der Waals surface area contributed by atoms with Crippen LogP contribution in [0, 0.1) is 5.92 Å². The van der Waals surface area contributed by atoms with E-state index in [0.717, 1.165) is 12.0 Å². The first-order valence-corrected chi connectivity index (χ1v) is 9.05. The number of rotatable bonds is 5. The van der Waals surface area contributed by atoms with Gasteiger partial charge in [0.05, 0.1) is 12.6 Å². The maximum atomic E-state index is 12.6. The fourth-order valence-corrected chi connectivity index (χ4v) is 3.78. The summed E-state index contributed by atoms with van der Waals surface area (Å²) in [6.07, 6.45) is -0.361. The van der Waals surface area contributed by atoms with Crippen molar-refractivity contribution in [3.63, 3.8) is 0 Å². The number of hydrogen-bond donors (Lipinski definition) is 2.